The zero-order valence-electron chi connectivity index (χ0n) is 21.5. The van der Waals surface area contributed by atoms with E-state index >= 15 is 0 Å². The Balaban J connectivity index is 1.34. The number of carbonyl (C=O) groups is 1. The summed E-state index contributed by atoms with van der Waals surface area (Å²) < 4.78 is 11.3. The topological polar surface area (TPSA) is 88.6 Å². The van der Waals surface area contributed by atoms with Crippen molar-refractivity contribution < 1.29 is 14.3 Å². The highest BCUT2D eigenvalue weighted by atomic mass is 16.5. The molecule has 1 aliphatic heterocycles. The predicted octanol–water partition coefficient (Wildman–Crippen LogP) is 4.99. The molecule has 0 bridgehead atoms. The Kier molecular flexibility index (Phi) is 8.05. The first-order valence-corrected chi connectivity index (χ1v) is 12.3. The summed E-state index contributed by atoms with van der Waals surface area (Å²) in [6.45, 7) is 9.02. The first kappa shape index (κ1) is 25.4. The van der Waals surface area contributed by atoms with Crippen molar-refractivity contribution in [3.8, 4) is 11.6 Å². The predicted molar refractivity (Wildman–Crippen MR) is 142 cm³/mol. The fourth-order valence-electron chi connectivity index (χ4n) is 4.50. The van der Waals surface area contributed by atoms with Gasteiger partial charge in [-0.3, -0.25) is 9.69 Å². The van der Waals surface area contributed by atoms with Crippen LogP contribution in [-0.4, -0.2) is 52.6 Å². The van der Waals surface area contributed by atoms with E-state index in [1.807, 2.05) is 36.4 Å². The molecule has 0 saturated carbocycles. The van der Waals surface area contributed by atoms with E-state index in [0.29, 0.717) is 42.1 Å². The molecule has 2 N–H and O–H groups in total. The van der Waals surface area contributed by atoms with Crippen LogP contribution >= 0.6 is 0 Å². The van der Waals surface area contributed by atoms with Gasteiger partial charge in [0, 0.05) is 42.3 Å². The Labute approximate surface area is 213 Å². The molecular weight excluding hydrogens is 454 g/mol. The molecule has 1 atom stereocenters. The number of amides is 1. The number of aromatic nitrogens is 2. The summed E-state index contributed by atoms with van der Waals surface area (Å²) in [4.78, 5) is 24.0. The smallest absolute Gasteiger partial charge is 0.259 e. The van der Waals surface area contributed by atoms with Gasteiger partial charge in [-0.15, -0.1) is 0 Å². The van der Waals surface area contributed by atoms with Crippen LogP contribution in [-0.2, 0) is 6.54 Å². The fraction of sp³-hybridized carbons (Fsp3) is 0.393. The van der Waals surface area contributed by atoms with Gasteiger partial charge < -0.3 is 20.1 Å². The molecule has 8 heteroatoms. The van der Waals surface area contributed by atoms with E-state index in [1.54, 1.807) is 31.6 Å². The minimum atomic E-state index is -0.238. The van der Waals surface area contributed by atoms with Gasteiger partial charge in [-0.1, -0.05) is 0 Å². The summed E-state index contributed by atoms with van der Waals surface area (Å²) in [5.41, 5.74) is 2.27. The largest absolute Gasteiger partial charge is 0.492 e. The summed E-state index contributed by atoms with van der Waals surface area (Å²) in [7, 11) is 1.58. The SMILES string of the molecule is COc1cc(CNc2ncccc2C(=O)Nc2ccc(OCC3CCCN3C(C)(C)C)cc2)ccn1. The van der Waals surface area contributed by atoms with Crippen LogP contribution in [0.25, 0.3) is 0 Å². The summed E-state index contributed by atoms with van der Waals surface area (Å²) in [5, 5.41) is 6.19. The van der Waals surface area contributed by atoms with Crippen LogP contribution in [0.1, 0.15) is 49.5 Å². The molecule has 1 unspecified atom stereocenters. The molecule has 1 aliphatic rings. The third kappa shape index (κ3) is 6.51. The highest BCUT2D eigenvalue weighted by molar-refractivity contribution is 6.07. The number of methoxy groups -OCH3 is 1. The molecule has 190 valence electrons. The second-order valence-electron chi connectivity index (χ2n) is 9.91. The van der Waals surface area contributed by atoms with Gasteiger partial charge in [0.05, 0.1) is 12.7 Å². The summed E-state index contributed by atoms with van der Waals surface area (Å²) >= 11 is 0. The Morgan fingerprint density at radius 3 is 2.67 bits per heavy atom. The average molecular weight is 490 g/mol. The second kappa shape index (κ2) is 11.4. The fourth-order valence-corrected chi connectivity index (χ4v) is 4.50. The van der Waals surface area contributed by atoms with Crippen molar-refractivity contribution in [1.29, 1.82) is 0 Å². The van der Waals surface area contributed by atoms with Crippen LogP contribution in [0.15, 0.2) is 60.9 Å². The second-order valence-corrected chi connectivity index (χ2v) is 9.91. The van der Waals surface area contributed by atoms with Crippen molar-refractivity contribution in [2.45, 2.75) is 51.7 Å². The molecule has 3 aromatic rings. The Hall–Kier alpha value is -3.65. The van der Waals surface area contributed by atoms with E-state index in [2.05, 4.69) is 46.3 Å². The number of likely N-dealkylation sites (tertiary alicyclic amines) is 1. The Morgan fingerprint density at radius 2 is 1.92 bits per heavy atom. The standard InChI is InChI=1S/C28H35N5O3/c1-28(2,3)33-16-6-7-22(33)19-36-23-11-9-21(10-12-23)32-27(34)24-8-5-14-30-26(24)31-18-20-13-15-29-25(17-20)35-4/h5,8-15,17,22H,6-7,16,18-19H2,1-4H3,(H,30,31)(H,32,34). The highest BCUT2D eigenvalue weighted by Gasteiger charge is 2.33. The van der Waals surface area contributed by atoms with Crippen LogP contribution in [0, 0.1) is 0 Å². The van der Waals surface area contributed by atoms with Crippen molar-refractivity contribution in [1.82, 2.24) is 14.9 Å². The molecule has 3 heterocycles. The van der Waals surface area contributed by atoms with Gasteiger partial charge in [-0.2, -0.15) is 0 Å². The molecule has 4 rings (SSSR count). The zero-order chi connectivity index (χ0) is 25.5. The van der Waals surface area contributed by atoms with Crippen molar-refractivity contribution in [2.24, 2.45) is 0 Å². The average Bonchev–Trinajstić information content (AvgIpc) is 3.37. The minimum absolute atomic E-state index is 0.143. The molecule has 0 spiro atoms. The molecule has 1 amide bonds. The van der Waals surface area contributed by atoms with E-state index < -0.39 is 0 Å². The summed E-state index contributed by atoms with van der Waals surface area (Å²) in [5.74, 6) is 1.60. The van der Waals surface area contributed by atoms with Crippen LogP contribution in [0.2, 0.25) is 0 Å². The lowest BCUT2D eigenvalue weighted by atomic mass is 10.1. The van der Waals surface area contributed by atoms with Gasteiger partial charge in [0.2, 0.25) is 5.88 Å². The number of benzene rings is 1. The molecule has 0 aliphatic carbocycles. The molecular formula is C28H35N5O3. The van der Waals surface area contributed by atoms with Crippen molar-refractivity contribution in [3.63, 3.8) is 0 Å². The number of hydrogen-bond acceptors (Lipinski definition) is 7. The van der Waals surface area contributed by atoms with Crippen LogP contribution < -0.4 is 20.1 Å². The van der Waals surface area contributed by atoms with Gasteiger partial charge in [-0.25, -0.2) is 9.97 Å². The Morgan fingerprint density at radius 1 is 1.11 bits per heavy atom. The third-order valence-electron chi connectivity index (χ3n) is 6.31. The molecule has 36 heavy (non-hydrogen) atoms. The first-order valence-electron chi connectivity index (χ1n) is 12.3. The number of anilines is 2. The van der Waals surface area contributed by atoms with E-state index in [4.69, 9.17) is 9.47 Å². The number of carbonyl (C=O) groups excluding carboxylic acids is 1. The van der Waals surface area contributed by atoms with E-state index in [-0.39, 0.29) is 11.4 Å². The maximum absolute atomic E-state index is 13.0. The summed E-state index contributed by atoms with van der Waals surface area (Å²) in [6.07, 6.45) is 5.70. The quantitative estimate of drug-likeness (QED) is 0.438. The highest BCUT2D eigenvalue weighted by Crippen LogP contribution is 2.27. The van der Waals surface area contributed by atoms with Crippen molar-refractivity contribution in [3.05, 3.63) is 72.1 Å². The maximum atomic E-state index is 13.0. The van der Waals surface area contributed by atoms with Crippen molar-refractivity contribution >= 4 is 17.4 Å². The van der Waals surface area contributed by atoms with Gasteiger partial charge >= 0.3 is 0 Å². The number of pyridine rings is 2. The van der Waals surface area contributed by atoms with Crippen LogP contribution in [0.3, 0.4) is 0 Å². The van der Waals surface area contributed by atoms with E-state index in [1.165, 1.54) is 6.42 Å². The van der Waals surface area contributed by atoms with Crippen LogP contribution in [0.5, 0.6) is 11.6 Å². The van der Waals surface area contributed by atoms with Gasteiger partial charge in [0.1, 0.15) is 18.2 Å². The Bertz CT molecular complexity index is 1160. The van der Waals surface area contributed by atoms with Gasteiger partial charge in [0.15, 0.2) is 0 Å². The van der Waals surface area contributed by atoms with Crippen LogP contribution in [0.4, 0.5) is 11.5 Å². The number of nitrogens with zero attached hydrogens (tertiary/aromatic N) is 3. The number of rotatable bonds is 9. The lowest BCUT2D eigenvalue weighted by Crippen LogP contribution is -2.46. The van der Waals surface area contributed by atoms with Crippen molar-refractivity contribution in [2.75, 3.05) is 30.9 Å². The van der Waals surface area contributed by atoms with E-state index in [9.17, 15) is 4.79 Å². The zero-order valence-corrected chi connectivity index (χ0v) is 21.5. The third-order valence-corrected chi connectivity index (χ3v) is 6.31. The monoisotopic (exact) mass is 489 g/mol. The normalized spacial score (nSPS) is 15.9. The summed E-state index contributed by atoms with van der Waals surface area (Å²) in [6, 6.07) is 15.1. The maximum Gasteiger partial charge on any atom is 0.259 e. The molecule has 2 aromatic heterocycles. The van der Waals surface area contributed by atoms with E-state index in [0.717, 1.165) is 24.3 Å². The number of hydrogen-bond donors (Lipinski definition) is 2. The lowest BCUT2D eigenvalue weighted by molar-refractivity contribution is 0.0878. The first-order chi connectivity index (χ1) is 17.3. The molecule has 1 fully saturated rings. The van der Waals surface area contributed by atoms with Gasteiger partial charge in [-0.05, 0) is 88.2 Å². The molecule has 1 saturated heterocycles. The van der Waals surface area contributed by atoms with Gasteiger partial charge in [0.25, 0.3) is 5.91 Å². The lowest BCUT2D eigenvalue weighted by Gasteiger charge is -2.36. The molecule has 1 aromatic carbocycles. The molecule has 0 radical (unpaired) electrons. The number of nitrogens with one attached hydrogen (secondary N) is 2. The number of ether oxygens (including phenoxy) is 2. The molecule has 8 nitrogen and oxygen atoms in total. The minimum Gasteiger partial charge on any atom is -0.492 e.